The summed E-state index contributed by atoms with van der Waals surface area (Å²) >= 11 is 0. The summed E-state index contributed by atoms with van der Waals surface area (Å²) in [4.78, 5) is 10.9. The Bertz CT molecular complexity index is 4310. The number of para-hydroxylation sites is 2. The highest BCUT2D eigenvalue weighted by molar-refractivity contribution is 6.30. The van der Waals surface area contributed by atoms with E-state index in [4.69, 9.17) is 9.97 Å². The van der Waals surface area contributed by atoms with Crippen molar-refractivity contribution < 1.29 is 0 Å². The molecule has 2 aromatic heterocycles. The zero-order valence-electron chi connectivity index (χ0n) is 38.7. The van der Waals surface area contributed by atoms with Gasteiger partial charge in [0, 0.05) is 27.3 Å². The molecule has 14 aromatic rings. The summed E-state index contributed by atoms with van der Waals surface area (Å²) in [5.74, 6) is 0. The van der Waals surface area contributed by atoms with Gasteiger partial charge >= 0.3 is 0 Å². The summed E-state index contributed by atoms with van der Waals surface area (Å²) < 4.78 is 2.50. The molecule has 0 aliphatic rings. The summed E-state index contributed by atoms with van der Waals surface area (Å²) in [6.45, 7) is 0. The van der Waals surface area contributed by atoms with Crippen LogP contribution in [0.2, 0.25) is 0 Å². The molecule has 14 rings (SSSR count). The molecule has 0 aliphatic carbocycles. The predicted octanol–water partition coefficient (Wildman–Crippen LogP) is 18.2. The molecule has 0 radical (unpaired) electrons. The Morgan fingerprint density at radius 2 is 0.718 bits per heavy atom. The van der Waals surface area contributed by atoms with Gasteiger partial charge in [0.25, 0.3) is 0 Å². The molecule has 0 unspecified atom stereocenters. The number of nitrogens with zero attached hydrogens (tertiary/aromatic N) is 3. The first-order valence-corrected chi connectivity index (χ1v) is 24.3. The van der Waals surface area contributed by atoms with Crippen molar-refractivity contribution in [3.8, 4) is 72.7 Å². The van der Waals surface area contributed by atoms with Gasteiger partial charge in [0.1, 0.15) is 0 Å². The van der Waals surface area contributed by atoms with E-state index in [1.54, 1.807) is 0 Å². The van der Waals surface area contributed by atoms with Gasteiger partial charge in [-0.1, -0.05) is 206 Å². The lowest BCUT2D eigenvalue weighted by atomic mass is 9.92. The highest BCUT2D eigenvalue weighted by Gasteiger charge is 2.23. The molecule has 0 amide bonds. The molecule has 12 aromatic carbocycles. The van der Waals surface area contributed by atoms with E-state index < -0.39 is 0 Å². The zero-order valence-corrected chi connectivity index (χ0v) is 38.7. The number of benzene rings is 12. The van der Waals surface area contributed by atoms with Gasteiger partial charge in [-0.2, -0.15) is 0 Å². The number of rotatable bonds is 7. The first kappa shape index (κ1) is 40.6. The van der Waals surface area contributed by atoms with Crippen LogP contribution in [-0.4, -0.2) is 14.5 Å². The second kappa shape index (κ2) is 16.7. The van der Waals surface area contributed by atoms with Crippen molar-refractivity contribution in [3.05, 3.63) is 261 Å². The van der Waals surface area contributed by atoms with E-state index in [2.05, 4.69) is 253 Å². The molecule has 0 bridgehead atoms. The Hall–Kier alpha value is -9.44. The molecular formula is C68H43N3. The van der Waals surface area contributed by atoms with Gasteiger partial charge < -0.3 is 4.57 Å². The van der Waals surface area contributed by atoms with Crippen LogP contribution in [0.4, 0.5) is 0 Å². The monoisotopic (exact) mass is 901 g/mol. The fraction of sp³-hybridized carbons (Fsp3) is 0. The van der Waals surface area contributed by atoms with Gasteiger partial charge in [-0.25, -0.2) is 9.97 Å². The molecule has 0 atom stereocenters. The molecule has 330 valence electrons. The first-order chi connectivity index (χ1) is 35.2. The van der Waals surface area contributed by atoms with Crippen LogP contribution in [0.15, 0.2) is 261 Å². The molecule has 0 N–H and O–H groups in total. The van der Waals surface area contributed by atoms with Crippen molar-refractivity contribution in [3.63, 3.8) is 0 Å². The highest BCUT2D eigenvalue weighted by atomic mass is 15.0. The van der Waals surface area contributed by atoms with Gasteiger partial charge in [0.05, 0.1) is 39.1 Å². The SMILES string of the molecule is c1ccc(-c2cc(-c3ccccc3)cc(-c3ccc(-c4nc5ccccc5nc4-c4ccc(-n5c6ccc7ccccc7c6c6c7ccccc7c(-c7ccccc7)cc65)c5ccccc45)cc3)c2)cc1. The van der Waals surface area contributed by atoms with Crippen molar-refractivity contribution in [2.75, 3.05) is 0 Å². The molecule has 71 heavy (non-hydrogen) atoms. The summed E-state index contributed by atoms with van der Waals surface area (Å²) in [6.07, 6.45) is 0. The van der Waals surface area contributed by atoms with Crippen LogP contribution >= 0.6 is 0 Å². The van der Waals surface area contributed by atoms with Gasteiger partial charge in [0.15, 0.2) is 0 Å². The second-order valence-electron chi connectivity index (χ2n) is 18.4. The maximum absolute atomic E-state index is 5.48. The van der Waals surface area contributed by atoms with E-state index in [9.17, 15) is 0 Å². The van der Waals surface area contributed by atoms with Gasteiger partial charge in [0.2, 0.25) is 0 Å². The Labute approximate surface area is 411 Å². The van der Waals surface area contributed by atoms with Crippen LogP contribution < -0.4 is 0 Å². The normalized spacial score (nSPS) is 11.7. The van der Waals surface area contributed by atoms with Crippen LogP contribution in [0.1, 0.15) is 0 Å². The van der Waals surface area contributed by atoms with Crippen molar-refractivity contribution >= 4 is 65.2 Å². The Balaban J connectivity index is 0.969. The maximum Gasteiger partial charge on any atom is 0.0979 e. The van der Waals surface area contributed by atoms with Crippen LogP contribution in [0.3, 0.4) is 0 Å². The van der Waals surface area contributed by atoms with Gasteiger partial charge in [-0.05, 0) is 126 Å². The molecule has 0 spiro atoms. The van der Waals surface area contributed by atoms with Crippen LogP contribution in [-0.2, 0) is 0 Å². The molecular weight excluding hydrogens is 859 g/mol. The Morgan fingerprint density at radius 3 is 1.35 bits per heavy atom. The summed E-state index contributed by atoms with van der Waals surface area (Å²) in [7, 11) is 0. The molecule has 0 saturated carbocycles. The Morgan fingerprint density at radius 1 is 0.254 bits per heavy atom. The fourth-order valence-electron chi connectivity index (χ4n) is 11.0. The summed E-state index contributed by atoms with van der Waals surface area (Å²) in [5.41, 5.74) is 18.4. The van der Waals surface area contributed by atoms with Crippen molar-refractivity contribution in [1.82, 2.24) is 14.5 Å². The molecule has 2 heterocycles. The molecule has 0 aliphatic heterocycles. The number of fused-ring (bicyclic) bond motifs is 9. The lowest BCUT2D eigenvalue weighted by Gasteiger charge is -2.17. The zero-order chi connectivity index (χ0) is 46.8. The van der Waals surface area contributed by atoms with E-state index >= 15 is 0 Å². The lowest BCUT2D eigenvalue weighted by molar-refractivity contribution is 1.20. The molecule has 3 nitrogen and oxygen atoms in total. The fourth-order valence-corrected chi connectivity index (χ4v) is 11.0. The minimum atomic E-state index is 0.846. The second-order valence-corrected chi connectivity index (χ2v) is 18.4. The Kier molecular flexibility index (Phi) is 9.53. The average molecular weight is 902 g/mol. The first-order valence-electron chi connectivity index (χ1n) is 24.3. The van der Waals surface area contributed by atoms with Crippen molar-refractivity contribution in [1.29, 1.82) is 0 Å². The van der Waals surface area contributed by atoms with E-state index in [1.165, 1.54) is 76.7 Å². The van der Waals surface area contributed by atoms with Crippen LogP contribution in [0, 0.1) is 0 Å². The standard InChI is InChI=1S/C68H43N3/c1-4-18-44(19-5-1)50-40-51(45-20-6-2-7-21-45)42-52(41-50)46-32-34-49(35-33-46)67-68(70-61-31-17-16-30-60(61)69-67)58-37-39-62(56-28-14-12-26-54(56)58)71-63-38-36-48-24-10-11-25-53(48)65(63)66-57-29-15-13-27-55(57)59(43-64(66)71)47-22-8-3-9-23-47/h1-43H. The molecule has 0 saturated heterocycles. The van der Waals surface area contributed by atoms with Gasteiger partial charge in [-0.3, -0.25) is 0 Å². The predicted molar refractivity (Wildman–Crippen MR) is 299 cm³/mol. The molecule has 0 fully saturated rings. The van der Waals surface area contributed by atoms with E-state index in [0.717, 1.165) is 61.1 Å². The summed E-state index contributed by atoms with van der Waals surface area (Å²) in [5, 5.41) is 9.72. The molecule has 3 heteroatoms. The smallest absolute Gasteiger partial charge is 0.0979 e. The third-order valence-corrected chi connectivity index (χ3v) is 14.4. The van der Waals surface area contributed by atoms with E-state index in [0.29, 0.717) is 0 Å². The highest BCUT2D eigenvalue weighted by Crippen LogP contribution is 2.46. The average Bonchev–Trinajstić information content (AvgIpc) is 3.79. The largest absolute Gasteiger partial charge is 0.309 e. The minimum Gasteiger partial charge on any atom is -0.309 e. The number of hydrogen-bond acceptors (Lipinski definition) is 2. The van der Waals surface area contributed by atoms with Crippen molar-refractivity contribution in [2.24, 2.45) is 0 Å². The van der Waals surface area contributed by atoms with Crippen LogP contribution in [0.25, 0.3) is 138 Å². The third kappa shape index (κ3) is 6.82. The summed E-state index contributed by atoms with van der Waals surface area (Å²) in [6, 6.07) is 94.2. The topological polar surface area (TPSA) is 30.7 Å². The quantitative estimate of drug-likeness (QED) is 0.160. The third-order valence-electron chi connectivity index (χ3n) is 14.4. The number of aromatic nitrogens is 3. The minimum absolute atomic E-state index is 0.846. The van der Waals surface area contributed by atoms with Gasteiger partial charge in [-0.15, -0.1) is 0 Å². The maximum atomic E-state index is 5.48. The van der Waals surface area contributed by atoms with Crippen molar-refractivity contribution in [2.45, 2.75) is 0 Å². The van der Waals surface area contributed by atoms with Crippen LogP contribution in [0.5, 0.6) is 0 Å². The number of hydrogen-bond donors (Lipinski definition) is 0. The van der Waals surface area contributed by atoms with E-state index in [-0.39, 0.29) is 0 Å². The lowest BCUT2D eigenvalue weighted by Crippen LogP contribution is -1.99. The van der Waals surface area contributed by atoms with E-state index in [1.807, 2.05) is 12.1 Å².